The number of rotatable bonds is 3. The molecule has 0 spiro atoms. The Balaban J connectivity index is 2.27. The first-order valence-electron chi connectivity index (χ1n) is 4.96. The zero-order valence-electron chi connectivity index (χ0n) is 8.46. The van der Waals surface area contributed by atoms with Crippen LogP contribution >= 0.6 is 11.6 Å². The third kappa shape index (κ3) is 1.71. The Bertz CT molecular complexity index is 340. The lowest BCUT2D eigenvalue weighted by atomic mass is 10.2. The molecule has 1 aromatic heterocycles. The van der Waals surface area contributed by atoms with Crippen LogP contribution in [0.1, 0.15) is 31.4 Å². The lowest BCUT2D eigenvalue weighted by molar-refractivity contribution is 0.406. The highest BCUT2D eigenvalue weighted by molar-refractivity contribution is 6.29. The van der Waals surface area contributed by atoms with Crippen molar-refractivity contribution < 1.29 is 4.74 Å². The van der Waals surface area contributed by atoms with E-state index in [4.69, 9.17) is 16.3 Å². The van der Waals surface area contributed by atoms with Crippen LogP contribution in [0.3, 0.4) is 0 Å². The SMILES string of the molecule is CCC1CC1c1nc(Cl)ccc1OC. The van der Waals surface area contributed by atoms with Gasteiger partial charge in [0.15, 0.2) is 0 Å². The molecule has 2 unspecified atom stereocenters. The lowest BCUT2D eigenvalue weighted by Gasteiger charge is -2.06. The van der Waals surface area contributed by atoms with Crippen LogP contribution < -0.4 is 4.74 Å². The van der Waals surface area contributed by atoms with Crippen molar-refractivity contribution in [2.45, 2.75) is 25.7 Å². The molecule has 2 nitrogen and oxygen atoms in total. The van der Waals surface area contributed by atoms with Crippen LogP contribution in [0.4, 0.5) is 0 Å². The quantitative estimate of drug-likeness (QED) is 0.716. The van der Waals surface area contributed by atoms with Gasteiger partial charge in [-0.3, -0.25) is 0 Å². The number of ether oxygens (including phenoxy) is 1. The molecule has 0 saturated heterocycles. The van der Waals surface area contributed by atoms with E-state index in [0.717, 1.165) is 17.4 Å². The normalized spacial score (nSPS) is 24.8. The second-order valence-electron chi connectivity index (χ2n) is 3.73. The van der Waals surface area contributed by atoms with E-state index in [1.807, 2.05) is 6.07 Å². The van der Waals surface area contributed by atoms with Gasteiger partial charge in [-0.2, -0.15) is 0 Å². The summed E-state index contributed by atoms with van der Waals surface area (Å²) in [6, 6.07) is 3.67. The summed E-state index contributed by atoms with van der Waals surface area (Å²) in [5, 5.41) is 0.558. The van der Waals surface area contributed by atoms with Crippen molar-refractivity contribution in [3.63, 3.8) is 0 Å². The average molecular weight is 212 g/mol. The number of nitrogens with zero attached hydrogens (tertiary/aromatic N) is 1. The monoisotopic (exact) mass is 211 g/mol. The van der Waals surface area contributed by atoms with E-state index in [9.17, 15) is 0 Å². The second-order valence-corrected chi connectivity index (χ2v) is 4.12. The fourth-order valence-corrected chi connectivity index (χ4v) is 2.06. The standard InChI is InChI=1S/C11H14ClNO/c1-3-7-6-8(7)11-9(14-2)4-5-10(12)13-11/h4-5,7-8H,3,6H2,1-2H3. The van der Waals surface area contributed by atoms with E-state index in [1.54, 1.807) is 13.2 Å². The molecule has 3 heteroatoms. The van der Waals surface area contributed by atoms with Gasteiger partial charge in [-0.15, -0.1) is 0 Å². The Morgan fingerprint density at radius 3 is 2.93 bits per heavy atom. The van der Waals surface area contributed by atoms with Crippen LogP contribution in [0.15, 0.2) is 12.1 Å². The van der Waals surface area contributed by atoms with Crippen molar-refractivity contribution in [3.8, 4) is 5.75 Å². The Labute approximate surface area is 89.3 Å². The lowest BCUT2D eigenvalue weighted by Crippen LogP contribution is -1.95. The summed E-state index contributed by atoms with van der Waals surface area (Å²) in [5.74, 6) is 2.21. The van der Waals surface area contributed by atoms with Crippen LogP contribution in [0.2, 0.25) is 5.15 Å². The summed E-state index contributed by atoms with van der Waals surface area (Å²) in [6.45, 7) is 2.21. The van der Waals surface area contributed by atoms with Gasteiger partial charge in [0.05, 0.1) is 12.8 Å². The third-order valence-electron chi connectivity index (χ3n) is 2.87. The van der Waals surface area contributed by atoms with Gasteiger partial charge in [0.1, 0.15) is 10.9 Å². The highest BCUT2D eigenvalue weighted by Crippen LogP contribution is 2.51. The van der Waals surface area contributed by atoms with Gasteiger partial charge in [-0.1, -0.05) is 24.9 Å². The van der Waals surface area contributed by atoms with Crippen LogP contribution in [-0.4, -0.2) is 12.1 Å². The molecule has 0 aliphatic heterocycles. The van der Waals surface area contributed by atoms with Crippen molar-refractivity contribution in [2.24, 2.45) is 5.92 Å². The Morgan fingerprint density at radius 2 is 2.36 bits per heavy atom. The average Bonchev–Trinajstić information content (AvgIpc) is 2.96. The minimum absolute atomic E-state index is 0.558. The molecular weight excluding hydrogens is 198 g/mol. The number of hydrogen-bond donors (Lipinski definition) is 0. The molecule has 1 fully saturated rings. The summed E-state index contributed by atoms with van der Waals surface area (Å²) in [6.07, 6.45) is 2.43. The summed E-state index contributed by atoms with van der Waals surface area (Å²) in [5.41, 5.74) is 1.03. The minimum Gasteiger partial charge on any atom is -0.495 e. The Hall–Kier alpha value is -0.760. The van der Waals surface area contributed by atoms with Crippen LogP contribution in [0, 0.1) is 5.92 Å². The van der Waals surface area contributed by atoms with E-state index >= 15 is 0 Å². The third-order valence-corrected chi connectivity index (χ3v) is 3.08. The molecule has 76 valence electrons. The molecular formula is C11H14ClNO. The fourth-order valence-electron chi connectivity index (χ4n) is 1.91. The number of pyridine rings is 1. The van der Waals surface area contributed by atoms with Gasteiger partial charge in [0.25, 0.3) is 0 Å². The van der Waals surface area contributed by atoms with Gasteiger partial charge in [-0.25, -0.2) is 4.98 Å². The molecule has 1 saturated carbocycles. The van der Waals surface area contributed by atoms with Crippen molar-refractivity contribution in [2.75, 3.05) is 7.11 Å². The van der Waals surface area contributed by atoms with Gasteiger partial charge in [0.2, 0.25) is 0 Å². The van der Waals surface area contributed by atoms with Crippen LogP contribution in [-0.2, 0) is 0 Å². The van der Waals surface area contributed by atoms with Crippen molar-refractivity contribution in [3.05, 3.63) is 23.0 Å². The second kappa shape index (κ2) is 3.77. The molecule has 0 radical (unpaired) electrons. The number of hydrogen-bond acceptors (Lipinski definition) is 2. The van der Waals surface area contributed by atoms with E-state index in [2.05, 4.69) is 11.9 Å². The first-order valence-corrected chi connectivity index (χ1v) is 5.34. The van der Waals surface area contributed by atoms with Crippen LogP contribution in [0.25, 0.3) is 0 Å². The number of aromatic nitrogens is 1. The van der Waals surface area contributed by atoms with Gasteiger partial charge < -0.3 is 4.74 Å². The first kappa shape index (κ1) is 9.78. The zero-order valence-corrected chi connectivity index (χ0v) is 9.21. The first-order chi connectivity index (χ1) is 6.76. The van der Waals surface area contributed by atoms with Crippen LogP contribution in [0.5, 0.6) is 5.75 Å². The molecule has 0 amide bonds. The molecule has 14 heavy (non-hydrogen) atoms. The molecule has 1 aliphatic rings. The maximum absolute atomic E-state index is 5.87. The van der Waals surface area contributed by atoms with Crippen molar-refractivity contribution >= 4 is 11.6 Å². The molecule has 1 aromatic rings. The fraction of sp³-hybridized carbons (Fsp3) is 0.545. The largest absolute Gasteiger partial charge is 0.495 e. The topological polar surface area (TPSA) is 22.1 Å². The molecule has 1 aliphatic carbocycles. The summed E-state index contributed by atoms with van der Waals surface area (Å²) >= 11 is 5.87. The maximum atomic E-state index is 5.87. The summed E-state index contributed by atoms with van der Waals surface area (Å²) in [7, 11) is 1.68. The molecule has 1 heterocycles. The molecule has 0 N–H and O–H groups in total. The molecule has 0 aromatic carbocycles. The highest BCUT2D eigenvalue weighted by Gasteiger charge is 2.39. The van der Waals surface area contributed by atoms with E-state index in [-0.39, 0.29) is 0 Å². The van der Waals surface area contributed by atoms with Gasteiger partial charge >= 0.3 is 0 Å². The maximum Gasteiger partial charge on any atom is 0.140 e. The van der Waals surface area contributed by atoms with E-state index < -0.39 is 0 Å². The summed E-state index contributed by atoms with van der Waals surface area (Å²) in [4.78, 5) is 4.34. The van der Waals surface area contributed by atoms with E-state index in [0.29, 0.717) is 11.1 Å². The minimum atomic E-state index is 0.558. The molecule has 2 rings (SSSR count). The Kier molecular flexibility index (Phi) is 2.64. The van der Waals surface area contributed by atoms with Crippen molar-refractivity contribution in [1.29, 1.82) is 0 Å². The highest BCUT2D eigenvalue weighted by atomic mass is 35.5. The smallest absolute Gasteiger partial charge is 0.140 e. The predicted octanol–water partition coefficient (Wildman–Crippen LogP) is 3.26. The molecule has 2 atom stereocenters. The predicted molar refractivity (Wildman–Crippen MR) is 56.9 cm³/mol. The number of methoxy groups -OCH3 is 1. The van der Waals surface area contributed by atoms with Gasteiger partial charge in [-0.05, 0) is 24.5 Å². The van der Waals surface area contributed by atoms with Gasteiger partial charge in [0, 0.05) is 5.92 Å². The number of halogens is 1. The summed E-state index contributed by atoms with van der Waals surface area (Å²) < 4.78 is 5.27. The zero-order chi connectivity index (χ0) is 10.1. The Morgan fingerprint density at radius 1 is 1.57 bits per heavy atom. The molecule has 0 bridgehead atoms. The van der Waals surface area contributed by atoms with E-state index in [1.165, 1.54) is 12.8 Å². The van der Waals surface area contributed by atoms with Crippen molar-refractivity contribution in [1.82, 2.24) is 4.98 Å².